The number of non-ortho nitro benzene ring substituents is 1. The molecule has 2 N–H and O–H groups in total. The lowest BCUT2D eigenvalue weighted by atomic mass is 10.2. The lowest BCUT2D eigenvalue weighted by Gasteiger charge is -2.16. The minimum atomic E-state index is -3.67. The molecule has 11 heteroatoms. The van der Waals surface area contributed by atoms with Gasteiger partial charge in [0, 0.05) is 36.3 Å². The molecule has 1 fully saturated rings. The third kappa shape index (κ3) is 4.58. The molecule has 2 aromatic carbocycles. The second kappa shape index (κ2) is 8.37. The van der Waals surface area contributed by atoms with Crippen molar-refractivity contribution in [2.45, 2.75) is 17.7 Å². The van der Waals surface area contributed by atoms with Crippen molar-refractivity contribution in [3.8, 4) is 0 Å². The van der Waals surface area contributed by atoms with Crippen LogP contribution in [0.25, 0.3) is 0 Å². The van der Waals surface area contributed by atoms with Crippen LogP contribution >= 0.6 is 0 Å². The summed E-state index contributed by atoms with van der Waals surface area (Å²) < 4.78 is 26.6. The molecular formula is C18H18N4O6S. The molecule has 10 nitrogen and oxygen atoms in total. The molecule has 1 heterocycles. The van der Waals surface area contributed by atoms with E-state index in [0.717, 1.165) is 12.8 Å². The van der Waals surface area contributed by atoms with E-state index < -0.39 is 26.8 Å². The zero-order valence-corrected chi connectivity index (χ0v) is 16.0. The molecule has 1 aliphatic rings. The molecule has 1 aliphatic heterocycles. The van der Waals surface area contributed by atoms with Crippen LogP contribution in [-0.2, 0) is 10.0 Å². The molecule has 3 rings (SSSR count). The first-order valence-electron chi connectivity index (χ1n) is 8.74. The highest BCUT2D eigenvalue weighted by molar-refractivity contribution is 7.89. The van der Waals surface area contributed by atoms with E-state index >= 15 is 0 Å². The number of carbonyl (C=O) groups is 2. The summed E-state index contributed by atoms with van der Waals surface area (Å²) in [5.74, 6) is -1.37. The van der Waals surface area contributed by atoms with Crippen LogP contribution in [0.15, 0.2) is 53.4 Å². The minimum Gasteiger partial charge on any atom is -0.267 e. The van der Waals surface area contributed by atoms with E-state index in [-0.39, 0.29) is 21.7 Å². The second-order valence-corrected chi connectivity index (χ2v) is 8.29. The number of rotatable bonds is 5. The maximum absolute atomic E-state index is 12.6. The Morgan fingerprint density at radius 2 is 1.52 bits per heavy atom. The standard InChI is InChI=1S/C18H18N4O6S/c23-17(13-6-8-15(9-7-13)22(25)26)19-20-18(24)14-4-3-5-16(12-14)29(27,28)21-10-1-2-11-21/h3-9,12H,1-2,10-11H2,(H,19,23)(H,20,24). The lowest BCUT2D eigenvalue weighted by molar-refractivity contribution is -0.384. The summed E-state index contributed by atoms with van der Waals surface area (Å²) in [6.07, 6.45) is 1.60. The Kier molecular flexibility index (Phi) is 5.89. The first-order valence-corrected chi connectivity index (χ1v) is 10.2. The number of hydrazine groups is 1. The van der Waals surface area contributed by atoms with Gasteiger partial charge in [-0.25, -0.2) is 8.42 Å². The number of benzene rings is 2. The number of nitro groups is 1. The van der Waals surface area contributed by atoms with E-state index in [1.54, 1.807) is 0 Å². The quantitative estimate of drug-likeness (QED) is 0.557. The normalized spacial score (nSPS) is 14.3. The molecule has 29 heavy (non-hydrogen) atoms. The fraction of sp³-hybridized carbons (Fsp3) is 0.222. The van der Waals surface area contributed by atoms with Gasteiger partial charge in [-0.15, -0.1) is 0 Å². The lowest BCUT2D eigenvalue weighted by Crippen LogP contribution is -2.41. The van der Waals surface area contributed by atoms with Gasteiger partial charge in [0.15, 0.2) is 0 Å². The van der Waals surface area contributed by atoms with Crippen LogP contribution in [0.5, 0.6) is 0 Å². The molecule has 2 aromatic rings. The number of sulfonamides is 1. The van der Waals surface area contributed by atoms with Gasteiger partial charge in [-0.2, -0.15) is 4.31 Å². The first kappa shape index (κ1) is 20.4. The summed E-state index contributed by atoms with van der Waals surface area (Å²) in [4.78, 5) is 34.4. The Morgan fingerprint density at radius 1 is 0.931 bits per heavy atom. The zero-order chi connectivity index (χ0) is 21.0. The van der Waals surface area contributed by atoms with Crippen molar-refractivity contribution in [3.05, 3.63) is 69.8 Å². The highest BCUT2D eigenvalue weighted by Gasteiger charge is 2.27. The summed E-state index contributed by atoms with van der Waals surface area (Å²) in [6.45, 7) is 0.897. The van der Waals surface area contributed by atoms with E-state index in [2.05, 4.69) is 10.9 Å². The molecule has 2 amide bonds. The molecular weight excluding hydrogens is 400 g/mol. The molecule has 1 saturated heterocycles. The smallest absolute Gasteiger partial charge is 0.267 e. The maximum Gasteiger partial charge on any atom is 0.269 e. The predicted molar refractivity (Wildman–Crippen MR) is 102 cm³/mol. The highest BCUT2D eigenvalue weighted by atomic mass is 32.2. The largest absolute Gasteiger partial charge is 0.269 e. The Hall–Kier alpha value is -3.31. The monoisotopic (exact) mass is 418 g/mol. The SMILES string of the molecule is O=C(NNC(=O)c1cccc(S(=O)(=O)N2CCCC2)c1)c1ccc([N+](=O)[O-])cc1. The van der Waals surface area contributed by atoms with Crippen LogP contribution in [0, 0.1) is 10.1 Å². The van der Waals surface area contributed by atoms with Crippen LogP contribution in [0.4, 0.5) is 5.69 Å². The number of carbonyl (C=O) groups excluding carboxylic acids is 2. The average Bonchev–Trinajstić information content (AvgIpc) is 3.27. The van der Waals surface area contributed by atoms with Crippen LogP contribution in [0.3, 0.4) is 0 Å². The number of nitrogens with one attached hydrogen (secondary N) is 2. The van der Waals surface area contributed by atoms with Gasteiger partial charge in [-0.05, 0) is 43.2 Å². The highest BCUT2D eigenvalue weighted by Crippen LogP contribution is 2.21. The number of nitrogens with zero attached hydrogens (tertiary/aromatic N) is 2. The fourth-order valence-electron chi connectivity index (χ4n) is 2.87. The van der Waals surface area contributed by atoms with Gasteiger partial charge in [0.05, 0.1) is 9.82 Å². The summed E-state index contributed by atoms with van der Waals surface area (Å²) in [5, 5.41) is 10.6. The van der Waals surface area contributed by atoms with Crippen molar-refractivity contribution in [2.24, 2.45) is 0 Å². The third-order valence-electron chi connectivity index (χ3n) is 4.43. The topological polar surface area (TPSA) is 139 Å². The Balaban J connectivity index is 1.66. The summed E-state index contributed by atoms with van der Waals surface area (Å²) in [6, 6.07) is 10.4. The van der Waals surface area contributed by atoms with Gasteiger partial charge >= 0.3 is 0 Å². The number of hydrogen-bond donors (Lipinski definition) is 2. The molecule has 0 saturated carbocycles. The molecule has 0 unspecified atom stereocenters. The predicted octanol–water partition coefficient (Wildman–Crippen LogP) is 1.45. The van der Waals surface area contributed by atoms with Crippen LogP contribution in [0.1, 0.15) is 33.6 Å². The van der Waals surface area contributed by atoms with Crippen LogP contribution in [0.2, 0.25) is 0 Å². The van der Waals surface area contributed by atoms with Gasteiger partial charge in [0.25, 0.3) is 17.5 Å². The first-order chi connectivity index (χ1) is 13.8. The average molecular weight is 418 g/mol. The molecule has 0 aliphatic carbocycles. The number of hydrogen-bond acceptors (Lipinski definition) is 6. The molecule has 152 valence electrons. The Morgan fingerprint density at radius 3 is 2.10 bits per heavy atom. The van der Waals surface area contributed by atoms with Crippen molar-refractivity contribution in [1.82, 2.24) is 15.2 Å². The molecule has 0 bridgehead atoms. The fourth-order valence-corrected chi connectivity index (χ4v) is 4.43. The van der Waals surface area contributed by atoms with E-state index in [1.165, 1.54) is 52.8 Å². The summed E-state index contributed by atoms with van der Waals surface area (Å²) in [5.41, 5.74) is 4.40. The van der Waals surface area contributed by atoms with Gasteiger partial charge in [-0.1, -0.05) is 6.07 Å². The molecule has 0 radical (unpaired) electrons. The number of amides is 2. The van der Waals surface area contributed by atoms with Crippen LogP contribution in [-0.4, -0.2) is 42.6 Å². The van der Waals surface area contributed by atoms with Gasteiger partial charge < -0.3 is 0 Å². The Labute approximate surface area is 166 Å². The number of nitro benzene ring substituents is 1. The zero-order valence-electron chi connectivity index (χ0n) is 15.2. The van der Waals surface area contributed by atoms with Crippen molar-refractivity contribution < 1.29 is 22.9 Å². The van der Waals surface area contributed by atoms with Crippen molar-refractivity contribution in [3.63, 3.8) is 0 Å². The molecule has 0 spiro atoms. The van der Waals surface area contributed by atoms with E-state index in [0.29, 0.717) is 13.1 Å². The van der Waals surface area contributed by atoms with Gasteiger partial charge in [0.1, 0.15) is 0 Å². The van der Waals surface area contributed by atoms with Crippen LogP contribution < -0.4 is 10.9 Å². The maximum atomic E-state index is 12.6. The molecule has 0 atom stereocenters. The second-order valence-electron chi connectivity index (χ2n) is 6.35. The molecule has 0 aromatic heterocycles. The van der Waals surface area contributed by atoms with E-state index in [1.807, 2.05) is 0 Å². The van der Waals surface area contributed by atoms with Crippen molar-refractivity contribution in [1.29, 1.82) is 0 Å². The van der Waals surface area contributed by atoms with Gasteiger partial charge in [-0.3, -0.25) is 30.6 Å². The van der Waals surface area contributed by atoms with Crippen molar-refractivity contribution in [2.75, 3.05) is 13.1 Å². The Bertz CT molecular complexity index is 1050. The summed E-state index contributed by atoms with van der Waals surface area (Å²) >= 11 is 0. The van der Waals surface area contributed by atoms with E-state index in [9.17, 15) is 28.1 Å². The summed E-state index contributed by atoms with van der Waals surface area (Å²) in [7, 11) is -3.67. The van der Waals surface area contributed by atoms with E-state index in [4.69, 9.17) is 0 Å². The minimum absolute atomic E-state index is 0.00810. The van der Waals surface area contributed by atoms with Gasteiger partial charge in [0.2, 0.25) is 10.0 Å². The van der Waals surface area contributed by atoms with Crippen molar-refractivity contribution >= 4 is 27.5 Å². The third-order valence-corrected chi connectivity index (χ3v) is 6.32.